The Morgan fingerprint density at radius 3 is 1.79 bits per heavy atom. The minimum atomic E-state index is -1.81. The maximum Gasteiger partial charge on any atom is 0.187 e. The molecule has 15 heteroatoms. The number of aliphatic hydroxyl groups excluding tert-OH is 11. The average molecular weight is 519 g/mol. The van der Waals surface area contributed by atoms with Gasteiger partial charge in [-0.25, -0.2) is 0 Å². The largest absolute Gasteiger partial charge is 0.395 e. The smallest absolute Gasteiger partial charge is 0.187 e. The van der Waals surface area contributed by atoms with Crippen LogP contribution in [-0.4, -0.2) is 160 Å². The van der Waals surface area contributed by atoms with Gasteiger partial charge in [0.15, 0.2) is 12.6 Å². The normalized spacial score (nSPS) is 52.5. The Hall–Kier alpha value is -0.210. The fourth-order valence-corrected chi connectivity index (χ4v) is 5.85. The molecule has 0 spiro atoms. The molecule has 3 heterocycles. The first-order valence-corrected chi connectivity index (χ1v) is 11.9. The van der Waals surface area contributed by atoms with Crippen LogP contribution in [0, 0.1) is 0 Å². The zero-order valence-corrected chi connectivity index (χ0v) is 18.9. The van der Waals surface area contributed by atoms with Crippen molar-refractivity contribution in [1.29, 1.82) is 0 Å². The molecule has 0 aliphatic carbocycles. The fourth-order valence-electron chi connectivity index (χ4n) is 4.40. The lowest BCUT2D eigenvalue weighted by atomic mass is 9.92. The van der Waals surface area contributed by atoms with Crippen LogP contribution >= 0.6 is 11.8 Å². The van der Waals surface area contributed by atoms with E-state index in [1.54, 1.807) is 0 Å². The Balaban J connectivity index is 1.65. The summed E-state index contributed by atoms with van der Waals surface area (Å²) >= 11 is 1.06. The molecule has 0 bridgehead atoms. The average Bonchev–Trinajstić information content (AvgIpc) is 2.82. The molecule has 3 saturated heterocycles. The van der Waals surface area contributed by atoms with E-state index < -0.39 is 103 Å². The maximum atomic E-state index is 10.7. The summed E-state index contributed by atoms with van der Waals surface area (Å²) in [4.78, 5) is 0. The minimum Gasteiger partial charge on any atom is -0.395 e. The van der Waals surface area contributed by atoms with E-state index in [0.29, 0.717) is 0 Å². The van der Waals surface area contributed by atoms with Crippen molar-refractivity contribution in [2.45, 2.75) is 103 Å². The van der Waals surface area contributed by atoms with Crippen molar-refractivity contribution in [3.05, 3.63) is 0 Å². The summed E-state index contributed by atoms with van der Waals surface area (Å²) in [6.07, 6.45) is -20.1. The van der Waals surface area contributed by atoms with Crippen molar-refractivity contribution < 1.29 is 70.4 Å². The molecule has 34 heavy (non-hydrogen) atoms. The van der Waals surface area contributed by atoms with Crippen LogP contribution in [-0.2, 0) is 14.2 Å². The van der Waals surface area contributed by atoms with Gasteiger partial charge in [0.05, 0.1) is 36.8 Å². The van der Waals surface area contributed by atoms with Crippen LogP contribution in [0.5, 0.6) is 0 Å². The van der Waals surface area contributed by atoms with E-state index in [1.807, 2.05) is 0 Å². The highest BCUT2D eigenvalue weighted by Crippen LogP contribution is 2.37. The lowest BCUT2D eigenvalue weighted by Gasteiger charge is -2.46. The van der Waals surface area contributed by atoms with Gasteiger partial charge in [0.25, 0.3) is 0 Å². The summed E-state index contributed by atoms with van der Waals surface area (Å²) in [7, 11) is 0. The van der Waals surface area contributed by atoms with Gasteiger partial charge in [0.1, 0.15) is 48.8 Å². The second-order valence-electron chi connectivity index (χ2n) is 8.79. The van der Waals surface area contributed by atoms with Gasteiger partial charge >= 0.3 is 0 Å². The number of thioether (sulfide) groups is 1. The quantitative estimate of drug-likeness (QED) is 0.150. The van der Waals surface area contributed by atoms with Gasteiger partial charge in [-0.05, 0) is 12.8 Å². The van der Waals surface area contributed by atoms with Gasteiger partial charge in [0.2, 0.25) is 0 Å². The Bertz CT molecular complexity index is 642. The second kappa shape index (κ2) is 11.9. The summed E-state index contributed by atoms with van der Waals surface area (Å²) in [6.45, 7) is -1.15. The molecular formula is C19H34O14S. The van der Waals surface area contributed by atoms with Crippen LogP contribution < -0.4 is 0 Å². The molecule has 15 unspecified atom stereocenters. The first-order valence-electron chi connectivity index (χ1n) is 11.0. The van der Waals surface area contributed by atoms with Crippen LogP contribution in [0.4, 0.5) is 0 Å². The van der Waals surface area contributed by atoms with E-state index in [4.69, 9.17) is 14.2 Å². The van der Waals surface area contributed by atoms with Crippen LogP contribution in [0.15, 0.2) is 0 Å². The Labute approximate surface area is 198 Å². The van der Waals surface area contributed by atoms with Gasteiger partial charge in [-0.15, -0.1) is 11.8 Å². The predicted molar refractivity (Wildman–Crippen MR) is 111 cm³/mol. The Morgan fingerprint density at radius 1 is 0.559 bits per heavy atom. The second-order valence-corrected chi connectivity index (χ2v) is 10.3. The van der Waals surface area contributed by atoms with Gasteiger partial charge in [-0.1, -0.05) is 0 Å². The zero-order valence-electron chi connectivity index (χ0n) is 18.0. The highest BCUT2D eigenvalue weighted by Gasteiger charge is 2.51. The first kappa shape index (κ1) is 28.4. The molecule has 200 valence electrons. The van der Waals surface area contributed by atoms with Crippen LogP contribution in [0.2, 0.25) is 0 Å². The lowest BCUT2D eigenvalue weighted by Crippen LogP contribution is -2.64. The standard InChI is InChI=1S/C19H34O14S/c20-3-6-9(22)13(26)15(28)19(32-6)33-17-10(23)5(31-18(30)16(17)29)1-2-7-11(24)14(27)12(25)8(4-21)34-7/h5-30H,1-4H2. The molecule has 3 fully saturated rings. The number of rotatable bonds is 7. The third-order valence-corrected chi connectivity index (χ3v) is 8.17. The summed E-state index contributed by atoms with van der Waals surface area (Å²) in [6, 6.07) is 0. The molecule has 14 nitrogen and oxygen atoms in total. The van der Waals surface area contributed by atoms with Crippen molar-refractivity contribution >= 4 is 11.8 Å². The molecule has 11 N–H and O–H groups in total. The SMILES string of the molecule is OCC1OC(OC2C(O)C(O)OC(CCC3SC(CO)C(O)C(O)C3O)C2O)C(O)C(O)C1O. The molecule has 15 atom stereocenters. The van der Waals surface area contributed by atoms with Crippen molar-refractivity contribution in [2.75, 3.05) is 13.2 Å². The van der Waals surface area contributed by atoms with Crippen molar-refractivity contribution in [3.8, 4) is 0 Å². The molecule has 3 aliphatic rings. The fraction of sp³-hybridized carbons (Fsp3) is 1.00. The number of hydrogen-bond acceptors (Lipinski definition) is 15. The Morgan fingerprint density at radius 2 is 1.18 bits per heavy atom. The van der Waals surface area contributed by atoms with Crippen LogP contribution in [0.25, 0.3) is 0 Å². The number of hydrogen-bond donors (Lipinski definition) is 11. The topological polar surface area (TPSA) is 250 Å². The number of aliphatic hydroxyl groups is 11. The monoisotopic (exact) mass is 518 g/mol. The maximum absolute atomic E-state index is 10.7. The summed E-state index contributed by atoms with van der Waals surface area (Å²) in [5.74, 6) is 0. The van der Waals surface area contributed by atoms with Crippen LogP contribution in [0.3, 0.4) is 0 Å². The van der Waals surface area contributed by atoms with Crippen molar-refractivity contribution in [1.82, 2.24) is 0 Å². The predicted octanol–water partition coefficient (Wildman–Crippen LogP) is -6.05. The minimum absolute atomic E-state index is 0.00478. The lowest BCUT2D eigenvalue weighted by molar-refractivity contribution is -0.354. The highest BCUT2D eigenvalue weighted by molar-refractivity contribution is 8.00. The van der Waals surface area contributed by atoms with E-state index >= 15 is 0 Å². The molecule has 0 amide bonds. The van der Waals surface area contributed by atoms with Gasteiger partial charge in [-0.2, -0.15) is 0 Å². The molecular weight excluding hydrogens is 484 g/mol. The molecule has 3 rings (SSSR count). The molecule has 0 aromatic carbocycles. The van der Waals surface area contributed by atoms with E-state index in [2.05, 4.69) is 0 Å². The van der Waals surface area contributed by atoms with E-state index in [-0.39, 0.29) is 12.8 Å². The summed E-state index contributed by atoms with van der Waals surface area (Å²) < 4.78 is 15.9. The van der Waals surface area contributed by atoms with E-state index in [1.165, 1.54) is 0 Å². The third kappa shape index (κ3) is 5.69. The number of ether oxygens (including phenoxy) is 3. The van der Waals surface area contributed by atoms with Gasteiger partial charge < -0.3 is 70.4 Å². The molecule has 0 aromatic rings. The van der Waals surface area contributed by atoms with Crippen molar-refractivity contribution in [2.24, 2.45) is 0 Å². The van der Waals surface area contributed by atoms with E-state index in [0.717, 1.165) is 11.8 Å². The summed E-state index contributed by atoms with van der Waals surface area (Å²) in [5, 5.41) is 109. The van der Waals surface area contributed by atoms with Gasteiger partial charge in [0, 0.05) is 5.25 Å². The zero-order chi connectivity index (χ0) is 25.3. The Kier molecular flexibility index (Phi) is 9.92. The molecule has 3 aliphatic heterocycles. The molecule has 0 aromatic heterocycles. The third-order valence-electron chi connectivity index (χ3n) is 6.53. The first-order chi connectivity index (χ1) is 16.0. The molecule has 0 saturated carbocycles. The van der Waals surface area contributed by atoms with E-state index in [9.17, 15) is 56.2 Å². The van der Waals surface area contributed by atoms with Crippen LogP contribution in [0.1, 0.15) is 12.8 Å². The summed E-state index contributed by atoms with van der Waals surface area (Å²) in [5.41, 5.74) is 0. The molecule has 0 radical (unpaired) electrons. The van der Waals surface area contributed by atoms with Crippen molar-refractivity contribution in [3.63, 3.8) is 0 Å². The van der Waals surface area contributed by atoms with Gasteiger partial charge in [-0.3, -0.25) is 0 Å². The highest BCUT2D eigenvalue weighted by atomic mass is 32.2.